The van der Waals surface area contributed by atoms with Gasteiger partial charge >= 0.3 is 6.18 Å². The maximum Gasteiger partial charge on any atom is 0.405 e. The minimum absolute atomic E-state index is 0.169. The van der Waals surface area contributed by atoms with E-state index in [1.807, 2.05) is 0 Å². The molecule has 0 aliphatic heterocycles. The van der Waals surface area contributed by atoms with Gasteiger partial charge in [-0.05, 0) is 18.6 Å². The zero-order valence-electron chi connectivity index (χ0n) is 9.84. The van der Waals surface area contributed by atoms with Crippen LogP contribution in [0.5, 0.6) is 0 Å². The predicted octanol–water partition coefficient (Wildman–Crippen LogP) is 3.01. The van der Waals surface area contributed by atoms with Crippen LogP contribution >= 0.6 is 11.6 Å². The summed E-state index contributed by atoms with van der Waals surface area (Å²) in [5, 5.41) is 9.24. The van der Waals surface area contributed by atoms with Crippen LogP contribution < -0.4 is 4.90 Å². The number of aromatic nitrogens is 1. The van der Waals surface area contributed by atoms with Gasteiger partial charge in [0.1, 0.15) is 12.4 Å². The average molecular weight is 283 g/mol. The number of nitrogens with zero attached hydrogens (tertiary/aromatic N) is 2. The van der Waals surface area contributed by atoms with Gasteiger partial charge in [0.2, 0.25) is 0 Å². The summed E-state index contributed by atoms with van der Waals surface area (Å²) in [6.45, 7) is 0.546. The van der Waals surface area contributed by atoms with E-state index >= 15 is 0 Å². The molecule has 102 valence electrons. The smallest absolute Gasteiger partial charge is 0.390 e. The van der Waals surface area contributed by atoms with Gasteiger partial charge < -0.3 is 10.0 Å². The molecular formula is C11H14ClF3N2O. The van der Waals surface area contributed by atoms with Gasteiger partial charge in [-0.25, -0.2) is 4.98 Å². The predicted molar refractivity (Wildman–Crippen MR) is 63.7 cm³/mol. The Morgan fingerprint density at radius 2 is 2.06 bits per heavy atom. The van der Waals surface area contributed by atoms with Gasteiger partial charge in [-0.1, -0.05) is 18.5 Å². The minimum atomic E-state index is -4.30. The van der Waals surface area contributed by atoms with Crippen LogP contribution in [0.3, 0.4) is 0 Å². The lowest BCUT2D eigenvalue weighted by Crippen LogP contribution is -2.35. The molecule has 0 fully saturated rings. The van der Waals surface area contributed by atoms with E-state index in [1.165, 1.54) is 12.1 Å². The molecule has 0 amide bonds. The highest BCUT2D eigenvalue weighted by molar-refractivity contribution is 6.31. The second kappa shape index (κ2) is 6.24. The maximum atomic E-state index is 12.4. The Morgan fingerprint density at radius 1 is 1.39 bits per heavy atom. The number of hydrogen-bond acceptors (Lipinski definition) is 3. The first-order valence-corrected chi connectivity index (χ1v) is 5.83. The summed E-state index contributed by atoms with van der Waals surface area (Å²) >= 11 is 5.75. The third-order valence-electron chi connectivity index (χ3n) is 2.24. The van der Waals surface area contributed by atoms with E-state index in [0.29, 0.717) is 6.42 Å². The molecule has 0 aromatic carbocycles. The molecule has 1 rings (SSSR count). The summed E-state index contributed by atoms with van der Waals surface area (Å²) in [4.78, 5) is 5.06. The third kappa shape index (κ3) is 4.34. The van der Waals surface area contributed by atoms with Crippen molar-refractivity contribution in [2.75, 3.05) is 18.0 Å². The van der Waals surface area contributed by atoms with Gasteiger partial charge in [0, 0.05) is 6.54 Å². The van der Waals surface area contributed by atoms with E-state index in [4.69, 9.17) is 16.7 Å². The molecule has 7 heteroatoms. The Morgan fingerprint density at radius 3 is 2.56 bits per heavy atom. The second-order valence-electron chi connectivity index (χ2n) is 3.79. The van der Waals surface area contributed by atoms with E-state index in [1.54, 1.807) is 6.92 Å². The molecule has 0 aliphatic rings. The SMILES string of the molecule is CCCN(CC(F)(F)F)c1ccc(Cl)c(CO)n1. The quantitative estimate of drug-likeness (QED) is 0.902. The summed E-state index contributed by atoms with van der Waals surface area (Å²) in [7, 11) is 0. The molecule has 0 radical (unpaired) electrons. The fourth-order valence-corrected chi connectivity index (χ4v) is 1.69. The second-order valence-corrected chi connectivity index (χ2v) is 4.20. The zero-order valence-corrected chi connectivity index (χ0v) is 10.6. The number of rotatable bonds is 5. The van der Waals surface area contributed by atoms with Crippen LogP contribution in [0.2, 0.25) is 5.02 Å². The number of pyridine rings is 1. The number of anilines is 1. The molecule has 1 aromatic rings. The summed E-state index contributed by atoms with van der Waals surface area (Å²) in [6, 6.07) is 2.86. The van der Waals surface area contributed by atoms with Crippen molar-refractivity contribution in [2.45, 2.75) is 26.1 Å². The van der Waals surface area contributed by atoms with Gasteiger partial charge in [-0.3, -0.25) is 0 Å². The largest absolute Gasteiger partial charge is 0.405 e. The number of alkyl halides is 3. The van der Waals surface area contributed by atoms with Crippen LogP contribution in [0, 0.1) is 0 Å². The van der Waals surface area contributed by atoms with Gasteiger partial charge in [0.05, 0.1) is 17.3 Å². The van der Waals surface area contributed by atoms with E-state index in [0.717, 1.165) is 4.90 Å². The number of hydrogen-bond donors (Lipinski definition) is 1. The lowest BCUT2D eigenvalue weighted by molar-refractivity contribution is -0.119. The Balaban J connectivity index is 2.98. The fourth-order valence-electron chi connectivity index (χ4n) is 1.52. The summed E-state index contributed by atoms with van der Waals surface area (Å²) in [5.74, 6) is 0.169. The molecule has 1 aromatic heterocycles. The lowest BCUT2D eigenvalue weighted by atomic mass is 10.3. The first-order valence-electron chi connectivity index (χ1n) is 5.45. The molecule has 0 saturated heterocycles. The molecule has 1 heterocycles. The molecule has 0 bridgehead atoms. The van der Waals surface area contributed by atoms with E-state index in [2.05, 4.69) is 4.98 Å². The van der Waals surface area contributed by atoms with Crippen LogP contribution in [-0.2, 0) is 6.61 Å². The van der Waals surface area contributed by atoms with Crippen molar-refractivity contribution in [1.82, 2.24) is 4.98 Å². The topological polar surface area (TPSA) is 36.4 Å². The third-order valence-corrected chi connectivity index (χ3v) is 2.59. The fraction of sp³-hybridized carbons (Fsp3) is 0.545. The average Bonchev–Trinajstić information content (AvgIpc) is 2.27. The molecule has 1 N–H and O–H groups in total. The van der Waals surface area contributed by atoms with E-state index < -0.39 is 19.3 Å². The van der Waals surface area contributed by atoms with Crippen molar-refractivity contribution in [3.8, 4) is 0 Å². The number of aliphatic hydroxyl groups is 1. The maximum absolute atomic E-state index is 12.4. The molecule has 0 saturated carbocycles. The van der Waals surface area contributed by atoms with E-state index in [-0.39, 0.29) is 23.1 Å². The van der Waals surface area contributed by atoms with Crippen molar-refractivity contribution in [2.24, 2.45) is 0 Å². The van der Waals surface area contributed by atoms with Gasteiger partial charge in [0.15, 0.2) is 0 Å². The number of halogens is 4. The molecular weight excluding hydrogens is 269 g/mol. The lowest BCUT2D eigenvalue weighted by Gasteiger charge is -2.24. The summed E-state index contributed by atoms with van der Waals surface area (Å²) < 4.78 is 37.3. The van der Waals surface area contributed by atoms with Gasteiger partial charge in [-0.2, -0.15) is 13.2 Å². The Kier molecular flexibility index (Phi) is 5.22. The molecule has 0 atom stereocenters. The monoisotopic (exact) mass is 282 g/mol. The minimum Gasteiger partial charge on any atom is -0.390 e. The van der Waals surface area contributed by atoms with E-state index in [9.17, 15) is 13.2 Å². The number of aliphatic hydroxyl groups excluding tert-OH is 1. The Bertz CT molecular complexity index is 398. The highest BCUT2D eigenvalue weighted by Crippen LogP contribution is 2.23. The van der Waals surface area contributed by atoms with Crippen LogP contribution in [0.25, 0.3) is 0 Å². The first-order chi connectivity index (χ1) is 8.37. The highest BCUT2D eigenvalue weighted by Gasteiger charge is 2.31. The highest BCUT2D eigenvalue weighted by atomic mass is 35.5. The van der Waals surface area contributed by atoms with Crippen molar-refractivity contribution < 1.29 is 18.3 Å². The van der Waals surface area contributed by atoms with Crippen LogP contribution in [0.4, 0.5) is 19.0 Å². The first kappa shape index (κ1) is 15.0. The standard InChI is InChI=1S/C11H14ClF3N2O/c1-2-5-17(7-11(13,14)15)10-4-3-8(12)9(6-18)16-10/h3-4,18H,2,5-7H2,1H3. The molecule has 18 heavy (non-hydrogen) atoms. The van der Waals surface area contributed by atoms with Crippen LogP contribution in [0.1, 0.15) is 19.0 Å². The van der Waals surface area contributed by atoms with Crippen LogP contribution in [-0.4, -0.2) is 29.4 Å². The van der Waals surface area contributed by atoms with Crippen molar-refractivity contribution in [3.05, 3.63) is 22.8 Å². The van der Waals surface area contributed by atoms with Gasteiger partial charge in [-0.15, -0.1) is 0 Å². The normalized spacial score (nSPS) is 11.7. The van der Waals surface area contributed by atoms with Crippen molar-refractivity contribution in [1.29, 1.82) is 0 Å². The molecule has 0 unspecified atom stereocenters. The Labute approximate surface area is 108 Å². The summed E-state index contributed by atoms with van der Waals surface area (Å²) in [6.07, 6.45) is -3.73. The Hall–Kier alpha value is -1.01. The zero-order chi connectivity index (χ0) is 13.8. The molecule has 0 aliphatic carbocycles. The van der Waals surface area contributed by atoms with Crippen molar-refractivity contribution in [3.63, 3.8) is 0 Å². The van der Waals surface area contributed by atoms with Crippen molar-refractivity contribution >= 4 is 17.4 Å². The molecule has 3 nitrogen and oxygen atoms in total. The van der Waals surface area contributed by atoms with Crippen LogP contribution in [0.15, 0.2) is 12.1 Å². The van der Waals surface area contributed by atoms with Gasteiger partial charge in [0.25, 0.3) is 0 Å². The molecule has 0 spiro atoms. The summed E-state index contributed by atoms with van der Waals surface area (Å²) in [5.41, 5.74) is 0.178.